The first-order valence-electron chi connectivity index (χ1n) is 7.27. The Morgan fingerprint density at radius 1 is 1.54 bits per heavy atom. The number of nitrogens with zero attached hydrogens (tertiary/aromatic N) is 4. The average Bonchev–Trinajstić information content (AvgIpc) is 3.13. The number of carbonyl (C=O) groups excluding carboxylic acids is 1. The monoisotopic (exact) mass is 343 g/mol. The Balaban J connectivity index is 1.73. The molecule has 0 aliphatic carbocycles. The van der Waals surface area contributed by atoms with Gasteiger partial charge in [-0.1, -0.05) is 0 Å². The highest BCUT2D eigenvalue weighted by molar-refractivity contribution is 5.92. The fourth-order valence-corrected chi connectivity index (χ4v) is 2.70. The molecule has 24 heavy (non-hydrogen) atoms. The summed E-state index contributed by atoms with van der Waals surface area (Å²) in [4.78, 5) is 25.1. The number of H-pyrrole nitrogens is 1. The number of aryl methyl sites for hydroxylation is 1. The number of amides is 1. The van der Waals surface area contributed by atoms with E-state index >= 15 is 0 Å². The van der Waals surface area contributed by atoms with Crippen molar-refractivity contribution in [2.75, 3.05) is 13.1 Å². The largest absolute Gasteiger partial charge is 0.434 e. The molecular formula is C13H15F2N5O4. The van der Waals surface area contributed by atoms with Crippen molar-refractivity contribution >= 4 is 5.91 Å². The van der Waals surface area contributed by atoms with Crippen LogP contribution in [0, 0.1) is 0 Å². The molecule has 3 heterocycles. The highest BCUT2D eigenvalue weighted by Crippen LogP contribution is 2.26. The number of carbonyl (C=O) groups is 1. The third kappa shape index (κ3) is 3.29. The molecule has 2 aromatic rings. The van der Waals surface area contributed by atoms with Gasteiger partial charge in [0.1, 0.15) is 0 Å². The van der Waals surface area contributed by atoms with Crippen LogP contribution < -0.4 is 10.5 Å². The zero-order valence-electron chi connectivity index (χ0n) is 12.7. The minimum atomic E-state index is -3.00. The second kappa shape index (κ2) is 6.42. The third-order valence-electron chi connectivity index (χ3n) is 3.78. The van der Waals surface area contributed by atoms with Gasteiger partial charge in [0, 0.05) is 26.2 Å². The lowest BCUT2D eigenvalue weighted by Crippen LogP contribution is -2.39. The van der Waals surface area contributed by atoms with Gasteiger partial charge in [0.25, 0.3) is 5.91 Å². The lowest BCUT2D eigenvalue weighted by Gasteiger charge is -2.30. The summed E-state index contributed by atoms with van der Waals surface area (Å²) in [5.41, 5.74) is 0.0114. The van der Waals surface area contributed by atoms with Crippen molar-refractivity contribution in [3.63, 3.8) is 0 Å². The minimum absolute atomic E-state index is 0.0114. The molecule has 0 bridgehead atoms. The lowest BCUT2D eigenvalue weighted by atomic mass is 9.98. The van der Waals surface area contributed by atoms with Gasteiger partial charge in [-0.2, -0.15) is 13.9 Å². The summed E-state index contributed by atoms with van der Waals surface area (Å²) in [5.74, 6) is -1.20. The van der Waals surface area contributed by atoms with E-state index < -0.39 is 18.3 Å². The third-order valence-corrected chi connectivity index (χ3v) is 3.78. The number of likely N-dealkylation sites (tertiary alicyclic amines) is 1. The van der Waals surface area contributed by atoms with Gasteiger partial charge in [-0.15, -0.1) is 5.10 Å². The van der Waals surface area contributed by atoms with Gasteiger partial charge in [-0.05, 0) is 12.8 Å². The number of hydrogen-bond acceptors (Lipinski definition) is 6. The van der Waals surface area contributed by atoms with Crippen molar-refractivity contribution < 1.29 is 22.7 Å². The van der Waals surface area contributed by atoms with E-state index in [-0.39, 0.29) is 23.4 Å². The topological polar surface area (TPSA) is 106 Å². The van der Waals surface area contributed by atoms with Crippen LogP contribution in [0.5, 0.6) is 5.88 Å². The number of aromatic nitrogens is 4. The molecule has 0 aromatic carbocycles. The van der Waals surface area contributed by atoms with Gasteiger partial charge >= 0.3 is 12.4 Å². The summed E-state index contributed by atoms with van der Waals surface area (Å²) in [6, 6.07) is 1.17. The Labute approximate surface area is 134 Å². The molecule has 1 aliphatic heterocycles. The highest BCUT2D eigenvalue weighted by atomic mass is 19.3. The second-order valence-corrected chi connectivity index (χ2v) is 5.41. The smallest absolute Gasteiger partial charge is 0.417 e. The zero-order valence-corrected chi connectivity index (χ0v) is 12.7. The van der Waals surface area contributed by atoms with Crippen molar-refractivity contribution in [1.82, 2.24) is 24.9 Å². The number of ether oxygens (including phenoxy) is 1. The van der Waals surface area contributed by atoms with Crippen LogP contribution in [0.2, 0.25) is 0 Å². The summed E-state index contributed by atoms with van der Waals surface area (Å²) >= 11 is 0. The maximum Gasteiger partial charge on any atom is 0.434 e. The number of nitrogens with one attached hydrogen (secondary N) is 1. The molecule has 1 amide bonds. The first-order valence-corrected chi connectivity index (χ1v) is 7.27. The molecule has 1 fully saturated rings. The summed E-state index contributed by atoms with van der Waals surface area (Å²) in [5, 5.41) is 9.90. The van der Waals surface area contributed by atoms with E-state index in [1.165, 1.54) is 18.0 Å². The molecule has 2 aromatic heterocycles. The number of rotatable bonds is 4. The Morgan fingerprint density at radius 2 is 2.33 bits per heavy atom. The van der Waals surface area contributed by atoms with Crippen molar-refractivity contribution in [1.29, 1.82) is 0 Å². The molecule has 9 nitrogen and oxygen atoms in total. The van der Waals surface area contributed by atoms with Crippen LogP contribution in [0.15, 0.2) is 15.3 Å². The van der Waals surface area contributed by atoms with Crippen LogP contribution in [0.25, 0.3) is 0 Å². The Bertz CT molecular complexity index is 783. The predicted octanol–water partition coefficient (Wildman–Crippen LogP) is 0.718. The number of piperidine rings is 1. The van der Waals surface area contributed by atoms with Crippen molar-refractivity contribution in [3.05, 3.63) is 28.2 Å². The molecule has 3 rings (SSSR count). The van der Waals surface area contributed by atoms with Crippen LogP contribution in [0.1, 0.15) is 35.1 Å². The molecule has 1 saturated heterocycles. The van der Waals surface area contributed by atoms with E-state index in [9.17, 15) is 18.4 Å². The molecule has 1 aliphatic rings. The van der Waals surface area contributed by atoms with Gasteiger partial charge in [0.15, 0.2) is 5.69 Å². The Morgan fingerprint density at radius 3 is 3.00 bits per heavy atom. The van der Waals surface area contributed by atoms with E-state index in [1.807, 2.05) is 0 Å². The van der Waals surface area contributed by atoms with Crippen molar-refractivity contribution in [2.45, 2.75) is 25.4 Å². The molecule has 0 spiro atoms. The van der Waals surface area contributed by atoms with Crippen LogP contribution in [0.3, 0.4) is 0 Å². The van der Waals surface area contributed by atoms with Gasteiger partial charge in [-0.25, -0.2) is 14.6 Å². The molecule has 0 radical (unpaired) electrons. The number of alkyl halides is 2. The van der Waals surface area contributed by atoms with Gasteiger partial charge in [0.05, 0.1) is 5.92 Å². The highest BCUT2D eigenvalue weighted by Gasteiger charge is 2.30. The lowest BCUT2D eigenvalue weighted by molar-refractivity contribution is -0.0553. The molecule has 130 valence electrons. The van der Waals surface area contributed by atoms with E-state index in [2.05, 4.69) is 20.0 Å². The first kappa shape index (κ1) is 16.1. The second-order valence-electron chi connectivity index (χ2n) is 5.41. The van der Waals surface area contributed by atoms with Gasteiger partial charge in [0.2, 0.25) is 11.8 Å². The maximum absolute atomic E-state index is 12.5. The first-order chi connectivity index (χ1) is 11.4. The Kier molecular flexibility index (Phi) is 4.32. The summed E-state index contributed by atoms with van der Waals surface area (Å²) in [6.07, 6.45) is 1.42. The summed E-state index contributed by atoms with van der Waals surface area (Å²) in [6.45, 7) is -2.20. The quantitative estimate of drug-likeness (QED) is 0.877. The number of halogens is 2. The molecule has 1 N–H and O–H groups in total. The summed E-state index contributed by atoms with van der Waals surface area (Å²) < 4.78 is 34.9. The van der Waals surface area contributed by atoms with Crippen LogP contribution in [0.4, 0.5) is 8.78 Å². The van der Waals surface area contributed by atoms with Gasteiger partial charge < -0.3 is 14.1 Å². The fraction of sp³-hybridized carbons (Fsp3) is 0.538. The zero-order chi connectivity index (χ0) is 17.3. The molecule has 1 atom stereocenters. The maximum atomic E-state index is 12.5. The Hall–Kier alpha value is -2.72. The van der Waals surface area contributed by atoms with E-state index in [4.69, 9.17) is 4.42 Å². The van der Waals surface area contributed by atoms with Crippen molar-refractivity contribution in [3.8, 4) is 5.88 Å². The van der Waals surface area contributed by atoms with Crippen molar-refractivity contribution in [2.24, 2.45) is 7.05 Å². The number of hydrogen-bond donors (Lipinski definition) is 1. The standard InChI is InChI=1S/C13H15F2N5O4/c1-19-9(23-12(14)15)5-8(18-19)11(21)20-4-2-3-7(6-20)10-16-17-13(22)24-10/h5,7,12H,2-4,6H2,1H3,(H,17,22). The van der Waals surface area contributed by atoms with E-state index in [0.29, 0.717) is 19.5 Å². The fourth-order valence-electron chi connectivity index (χ4n) is 2.70. The molecule has 0 saturated carbocycles. The van der Waals surface area contributed by atoms with Gasteiger partial charge in [-0.3, -0.25) is 4.79 Å². The SMILES string of the molecule is Cn1nc(C(=O)N2CCCC(c3n[nH]c(=O)o3)C2)cc1OC(F)F. The predicted molar refractivity (Wildman–Crippen MR) is 74.8 cm³/mol. The van der Waals surface area contributed by atoms with Crippen LogP contribution in [-0.2, 0) is 7.05 Å². The average molecular weight is 343 g/mol. The minimum Gasteiger partial charge on any atom is -0.417 e. The number of aromatic amines is 1. The summed E-state index contributed by atoms with van der Waals surface area (Å²) in [7, 11) is 1.41. The normalized spacial score (nSPS) is 18.2. The van der Waals surface area contributed by atoms with Crippen LogP contribution in [-0.4, -0.2) is 50.5 Å². The molecule has 1 unspecified atom stereocenters. The van der Waals surface area contributed by atoms with E-state index in [1.54, 1.807) is 0 Å². The van der Waals surface area contributed by atoms with E-state index in [0.717, 1.165) is 11.1 Å². The van der Waals surface area contributed by atoms with Crippen LogP contribution >= 0.6 is 0 Å². The molecule has 11 heteroatoms. The molecular weight excluding hydrogens is 328 g/mol.